The lowest BCUT2D eigenvalue weighted by Gasteiger charge is -2.11. The van der Waals surface area contributed by atoms with Crippen LogP contribution in [0.4, 0.5) is 0 Å². The largest absolute Gasteiger partial charge is 0.458 e. The van der Waals surface area contributed by atoms with E-state index in [9.17, 15) is 9.59 Å². The van der Waals surface area contributed by atoms with E-state index in [1.165, 1.54) is 6.92 Å². The normalized spacial score (nSPS) is 10.8. The Kier molecular flexibility index (Phi) is 6.88. The second-order valence-electron chi connectivity index (χ2n) is 4.58. The minimum atomic E-state index is -0.244. The molecule has 0 aliphatic heterocycles. The molecular weight excluding hydrogens is 264 g/mol. The first-order valence-electron chi connectivity index (χ1n) is 6.79. The molecule has 0 spiro atoms. The highest BCUT2D eigenvalue weighted by molar-refractivity contribution is 5.93. The molecule has 2 aromatic carbocycles. The third-order valence-electron chi connectivity index (χ3n) is 2.79. The van der Waals surface area contributed by atoms with E-state index in [0.717, 1.165) is 11.1 Å². The van der Waals surface area contributed by atoms with Gasteiger partial charge in [0.05, 0.1) is 0 Å². The second-order valence-corrected chi connectivity index (χ2v) is 4.58. The van der Waals surface area contributed by atoms with E-state index >= 15 is 0 Å². The van der Waals surface area contributed by atoms with Crippen LogP contribution in [-0.4, -0.2) is 11.8 Å². The lowest BCUT2D eigenvalue weighted by molar-refractivity contribution is -0.145. The van der Waals surface area contributed by atoms with Gasteiger partial charge in [-0.25, -0.2) is 0 Å². The quantitative estimate of drug-likeness (QED) is 0.626. The summed E-state index contributed by atoms with van der Waals surface area (Å²) in [5.74, 6) is -0.123. The molecule has 0 heterocycles. The summed E-state index contributed by atoms with van der Waals surface area (Å²) in [7, 11) is 0. The molecule has 0 fully saturated rings. The van der Waals surface area contributed by atoms with Crippen LogP contribution in [0.5, 0.6) is 0 Å². The maximum atomic E-state index is 10.6. The number of ether oxygens (including phenoxy) is 1. The molecule has 0 amide bonds. The van der Waals surface area contributed by atoms with Crippen molar-refractivity contribution in [1.29, 1.82) is 0 Å². The van der Waals surface area contributed by atoms with Crippen molar-refractivity contribution < 1.29 is 14.3 Å². The minimum Gasteiger partial charge on any atom is -0.458 e. The zero-order valence-electron chi connectivity index (χ0n) is 12.6. The van der Waals surface area contributed by atoms with E-state index in [2.05, 4.69) is 0 Å². The van der Waals surface area contributed by atoms with Crippen molar-refractivity contribution in [1.82, 2.24) is 0 Å². The molecule has 21 heavy (non-hydrogen) atoms. The van der Waals surface area contributed by atoms with E-state index in [1.807, 2.05) is 67.6 Å². The third-order valence-corrected chi connectivity index (χ3v) is 2.79. The van der Waals surface area contributed by atoms with Gasteiger partial charge in [0, 0.05) is 12.5 Å². The van der Waals surface area contributed by atoms with Crippen LogP contribution in [0.1, 0.15) is 42.8 Å². The van der Waals surface area contributed by atoms with Crippen molar-refractivity contribution in [2.24, 2.45) is 0 Å². The molecule has 3 nitrogen and oxygen atoms in total. The molecule has 0 N–H and O–H groups in total. The highest BCUT2D eigenvalue weighted by Gasteiger charge is 2.06. The molecular formula is C18H20O3. The first kappa shape index (κ1) is 16.6. The van der Waals surface area contributed by atoms with Crippen molar-refractivity contribution in [3.8, 4) is 0 Å². The van der Waals surface area contributed by atoms with Gasteiger partial charge in [-0.2, -0.15) is 0 Å². The summed E-state index contributed by atoms with van der Waals surface area (Å²) in [4.78, 5) is 21.3. The predicted molar refractivity (Wildman–Crippen MR) is 83.1 cm³/mol. The van der Waals surface area contributed by atoms with Crippen LogP contribution < -0.4 is 0 Å². The van der Waals surface area contributed by atoms with Crippen LogP contribution in [0, 0.1) is 0 Å². The van der Waals surface area contributed by atoms with Gasteiger partial charge in [0.2, 0.25) is 0 Å². The van der Waals surface area contributed by atoms with Crippen molar-refractivity contribution >= 4 is 11.8 Å². The molecule has 2 rings (SSSR count). The van der Waals surface area contributed by atoms with Gasteiger partial charge in [-0.1, -0.05) is 60.7 Å². The summed E-state index contributed by atoms with van der Waals surface area (Å²) in [5.41, 5.74) is 1.80. The molecule has 110 valence electrons. The molecule has 0 bridgehead atoms. The van der Waals surface area contributed by atoms with Gasteiger partial charge in [0.25, 0.3) is 0 Å². The molecule has 0 aromatic heterocycles. The Hall–Kier alpha value is -2.42. The highest BCUT2D eigenvalue weighted by atomic mass is 16.5. The van der Waals surface area contributed by atoms with Crippen molar-refractivity contribution in [3.05, 3.63) is 71.8 Å². The average Bonchev–Trinajstić information content (AvgIpc) is 2.49. The molecule has 0 saturated carbocycles. The van der Waals surface area contributed by atoms with Gasteiger partial charge < -0.3 is 4.74 Å². The van der Waals surface area contributed by atoms with Crippen LogP contribution in [-0.2, 0) is 9.53 Å². The second kappa shape index (κ2) is 8.69. The standard InChI is InChI=1S/C10H12O2.C8H8O/c1-8(12-9(2)11)10-6-4-3-5-7-10;1-7(9)8-5-3-2-4-6-8/h3-8H,1-2H3;2-6H,1H3. The van der Waals surface area contributed by atoms with Crippen molar-refractivity contribution in [2.75, 3.05) is 0 Å². The van der Waals surface area contributed by atoms with Crippen LogP contribution in [0.25, 0.3) is 0 Å². The molecule has 0 aliphatic carbocycles. The van der Waals surface area contributed by atoms with Gasteiger partial charge in [-0.05, 0) is 19.4 Å². The number of carbonyl (C=O) groups is 2. The zero-order chi connectivity index (χ0) is 15.7. The summed E-state index contributed by atoms with van der Waals surface area (Å²) in [6.07, 6.45) is -0.149. The lowest BCUT2D eigenvalue weighted by Crippen LogP contribution is -2.04. The topological polar surface area (TPSA) is 43.4 Å². The summed E-state index contributed by atoms with van der Waals surface area (Å²) < 4.78 is 5.00. The number of rotatable bonds is 3. The average molecular weight is 284 g/mol. The molecule has 1 atom stereocenters. The van der Waals surface area contributed by atoms with Crippen LogP contribution in [0.3, 0.4) is 0 Å². The number of hydrogen-bond acceptors (Lipinski definition) is 3. The summed E-state index contributed by atoms with van der Waals surface area (Å²) in [5, 5.41) is 0. The number of hydrogen-bond donors (Lipinski definition) is 0. The fourth-order valence-corrected chi connectivity index (χ4v) is 1.71. The lowest BCUT2D eigenvalue weighted by atomic mass is 10.1. The number of Topliss-reactive ketones (excluding diaryl/α,β-unsaturated/α-hetero) is 1. The number of carbonyl (C=O) groups excluding carboxylic acids is 2. The third kappa shape index (κ3) is 6.52. The highest BCUT2D eigenvalue weighted by Crippen LogP contribution is 2.15. The van der Waals surface area contributed by atoms with Gasteiger partial charge in [-0.15, -0.1) is 0 Å². The maximum Gasteiger partial charge on any atom is 0.303 e. The molecule has 3 heteroatoms. The number of benzene rings is 2. The van der Waals surface area contributed by atoms with Gasteiger partial charge in [0.1, 0.15) is 6.10 Å². The summed E-state index contributed by atoms with van der Waals surface area (Å²) in [6.45, 7) is 4.84. The van der Waals surface area contributed by atoms with E-state index in [-0.39, 0.29) is 17.9 Å². The van der Waals surface area contributed by atoms with E-state index < -0.39 is 0 Å². The van der Waals surface area contributed by atoms with Crippen LogP contribution >= 0.6 is 0 Å². The Balaban J connectivity index is 0.000000219. The van der Waals surface area contributed by atoms with Crippen LogP contribution in [0.2, 0.25) is 0 Å². The SMILES string of the molecule is CC(=O)OC(C)c1ccccc1.CC(=O)c1ccccc1. The monoisotopic (exact) mass is 284 g/mol. The van der Waals surface area contributed by atoms with Crippen molar-refractivity contribution in [2.45, 2.75) is 26.9 Å². The Labute approximate surface area is 125 Å². The van der Waals surface area contributed by atoms with E-state index in [1.54, 1.807) is 6.92 Å². The Morgan fingerprint density at radius 3 is 1.71 bits per heavy atom. The Bertz CT molecular complexity index is 562. The number of ketones is 1. The van der Waals surface area contributed by atoms with Gasteiger partial charge >= 0.3 is 5.97 Å². The molecule has 1 unspecified atom stereocenters. The molecule has 0 saturated heterocycles. The van der Waals surface area contributed by atoms with Gasteiger partial charge in [-0.3, -0.25) is 9.59 Å². The Morgan fingerprint density at radius 1 is 0.857 bits per heavy atom. The van der Waals surface area contributed by atoms with E-state index in [0.29, 0.717) is 0 Å². The minimum absolute atomic E-state index is 0.121. The smallest absolute Gasteiger partial charge is 0.303 e. The molecule has 0 aliphatic rings. The van der Waals surface area contributed by atoms with Crippen molar-refractivity contribution in [3.63, 3.8) is 0 Å². The summed E-state index contributed by atoms with van der Waals surface area (Å²) >= 11 is 0. The maximum absolute atomic E-state index is 10.6. The van der Waals surface area contributed by atoms with Crippen LogP contribution in [0.15, 0.2) is 60.7 Å². The fourth-order valence-electron chi connectivity index (χ4n) is 1.71. The zero-order valence-corrected chi connectivity index (χ0v) is 12.6. The fraction of sp³-hybridized carbons (Fsp3) is 0.222. The first-order chi connectivity index (χ1) is 10.0. The Morgan fingerprint density at radius 2 is 1.33 bits per heavy atom. The first-order valence-corrected chi connectivity index (χ1v) is 6.79. The van der Waals surface area contributed by atoms with E-state index in [4.69, 9.17) is 4.74 Å². The molecule has 0 radical (unpaired) electrons. The van der Waals surface area contributed by atoms with Gasteiger partial charge in [0.15, 0.2) is 5.78 Å². The predicted octanol–water partition coefficient (Wildman–Crippen LogP) is 4.20. The summed E-state index contributed by atoms with van der Waals surface area (Å²) in [6, 6.07) is 18.9. The molecule has 2 aromatic rings. The number of esters is 1.